The summed E-state index contributed by atoms with van der Waals surface area (Å²) in [5.74, 6) is 1.83. The van der Waals surface area contributed by atoms with Crippen molar-refractivity contribution in [1.29, 1.82) is 0 Å². The van der Waals surface area contributed by atoms with Gasteiger partial charge in [-0.05, 0) is 47.4 Å². The number of epoxide rings is 2. The lowest BCUT2D eigenvalue weighted by Crippen LogP contribution is -2.21. The summed E-state index contributed by atoms with van der Waals surface area (Å²) in [4.78, 5) is 0. The first-order valence-corrected chi connectivity index (χ1v) is 10.3. The molecule has 2 aliphatic heterocycles. The molecule has 2 aromatic rings. The van der Waals surface area contributed by atoms with Gasteiger partial charge in [0.25, 0.3) is 0 Å². The maximum atomic E-state index is 5.91. The van der Waals surface area contributed by atoms with E-state index in [9.17, 15) is 0 Å². The largest absolute Gasteiger partial charge is 0.491 e. The molecule has 0 N–H and O–H groups in total. The molecule has 0 amide bonds. The van der Waals surface area contributed by atoms with Gasteiger partial charge in [-0.3, -0.25) is 0 Å². The summed E-state index contributed by atoms with van der Waals surface area (Å²) in [6.45, 7) is 9.71. The van der Waals surface area contributed by atoms with Gasteiger partial charge in [0, 0.05) is 5.41 Å². The van der Waals surface area contributed by atoms with Crippen LogP contribution in [0.25, 0.3) is 0 Å². The lowest BCUT2D eigenvalue weighted by molar-refractivity contribution is 0.262. The van der Waals surface area contributed by atoms with E-state index in [0.29, 0.717) is 13.2 Å². The molecule has 2 saturated heterocycles. The van der Waals surface area contributed by atoms with Crippen LogP contribution in [0.3, 0.4) is 0 Å². The average molecular weight is 383 g/mol. The van der Waals surface area contributed by atoms with Crippen LogP contribution in [-0.2, 0) is 21.3 Å². The van der Waals surface area contributed by atoms with Gasteiger partial charge < -0.3 is 18.9 Å². The SMILES string of the molecule is CCCc1cc(OCC2CO2)ccc1C(C)(C)c1ccc(OCC2CO2)cc1. The van der Waals surface area contributed by atoms with Gasteiger partial charge >= 0.3 is 0 Å². The molecule has 0 bridgehead atoms. The molecule has 2 unspecified atom stereocenters. The second kappa shape index (κ2) is 8.14. The van der Waals surface area contributed by atoms with Crippen LogP contribution >= 0.6 is 0 Å². The molecule has 2 heterocycles. The van der Waals surface area contributed by atoms with E-state index >= 15 is 0 Å². The van der Waals surface area contributed by atoms with Gasteiger partial charge in [0.1, 0.15) is 36.9 Å². The predicted molar refractivity (Wildman–Crippen MR) is 109 cm³/mol. The normalized spacial score (nSPS) is 20.7. The maximum absolute atomic E-state index is 5.91. The highest BCUT2D eigenvalue weighted by Crippen LogP contribution is 2.36. The highest BCUT2D eigenvalue weighted by Gasteiger charge is 2.27. The third-order valence-corrected chi connectivity index (χ3v) is 5.52. The first-order chi connectivity index (χ1) is 13.6. The van der Waals surface area contributed by atoms with E-state index < -0.39 is 0 Å². The standard InChI is InChI=1S/C24H30O4/c1-4-5-17-12-20(26-14-22-16-28-22)10-11-23(17)24(2,3)18-6-8-19(9-7-18)25-13-21-15-27-21/h6-12,21-22H,4-5,13-16H2,1-3H3. The molecule has 4 nitrogen and oxygen atoms in total. The minimum absolute atomic E-state index is 0.0965. The molecule has 0 aliphatic carbocycles. The van der Waals surface area contributed by atoms with Crippen molar-refractivity contribution < 1.29 is 18.9 Å². The molecule has 0 spiro atoms. The molecule has 0 aromatic heterocycles. The smallest absolute Gasteiger partial charge is 0.119 e. The van der Waals surface area contributed by atoms with Crippen LogP contribution in [-0.4, -0.2) is 38.6 Å². The predicted octanol–water partition coefficient (Wildman–Crippen LogP) is 4.52. The van der Waals surface area contributed by atoms with Gasteiger partial charge in [-0.15, -0.1) is 0 Å². The van der Waals surface area contributed by atoms with Crippen LogP contribution in [0.15, 0.2) is 42.5 Å². The van der Waals surface area contributed by atoms with Crippen molar-refractivity contribution in [1.82, 2.24) is 0 Å². The maximum Gasteiger partial charge on any atom is 0.119 e. The van der Waals surface area contributed by atoms with E-state index in [1.54, 1.807) is 0 Å². The highest BCUT2D eigenvalue weighted by atomic mass is 16.6. The van der Waals surface area contributed by atoms with E-state index in [0.717, 1.165) is 37.6 Å². The molecule has 28 heavy (non-hydrogen) atoms. The number of hydrogen-bond donors (Lipinski definition) is 0. The Morgan fingerprint density at radius 3 is 2.04 bits per heavy atom. The van der Waals surface area contributed by atoms with E-state index in [1.807, 2.05) is 0 Å². The zero-order chi connectivity index (χ0) is 19.6. The summed E-state index contributed by atoms with van der Waals surface area (Å²) < 4.78 is 22.1. The van der Waals surface area contributed by atoms with Gasteiger partial charge in [0.2, 0.25) is 0 Å². The number of benzene rings is 2. The molecule has 2 aromatic carbocycles. The van der Waals surface area contributed by atoms with Crippen molar-refractivity contribution >= 4 is 0 Å². The van der Waals surface area contributed by atoms with Gasteiger partial charge in [-0.1, -0.05) is 45.4 Å². The molecule has 2 atom stereocenters. The van der Waals surface area contributed by atoms with Crippen LogP contribution < -0.4 is 9.47 Å². The molecule has 0 saturated carbocycles. The third kappa shape index (κ3) is 4.68. The van der Waals surface area contributed by atoms with E-state index in [-0.39, 0.29) is 17.6 Å². The average Bonchev–Trinajstić information content (AvgIpc) is 3.60. The van der Waals surface area contributed by atoms with Crippen molar-refractivity contribution in [3.8, 4) is 11.5 Å². The molecule has 150 valence electrons. The Kier molecular flexibility index (Phi) is 5.61. The summed E-state index contributed by atoms with van der Waals surface area (Å²) in [6.07, 6.45) is 2.70. The van der Waals surface area contributed by atoms with Crippen LogP contribution in [0.5, 0.6) is 11.5 Å². The van der Waals surface area contributed by atoms with Gasteiger partial charge in [0.05, 0.1) is 13.2 Å². The first kappa shape index (κ1) is 19.3. The molecule has 4 heteroatoms. The Hall–Kier alpha value is -2.04. The molecular weight excluding hydrogens is 352 g/mol. The Morgan fingerprint density at radius 2 is 1.46 bits per heavy atom. The monoisotopic (exact) mass is 382 g/mol. The fourth-order valence-corrected chi connectivity index (χ4v) is 3.58. The van der Waals surface area contributed by atoms with E-state index in [1.165, 1.54) is 16.7 Å². The van der Waals surface area contributed by atoms with Crippen molar-refractivity contribution in [2.24, 2.45) is 0 Å². The number of ether oxygens (including phenoxy) is 4. The van der Waals surface area contributed by atoms with E-state index in [4.69, 9.17) is 18.9 Å². The summed E-state index contributed by atoms with van der Waals surface area (Å²) in [5, 5.41) is 0. The van der Waals surface area contributed by atoms with Crippen molar-refractivity contribution in [3.05, 3.63) is 59.2 Å². The molecular formula is C24H30O4. The van der Waals surface area contributed by atoms with Crippen molar-refractivity contribution in [2.45, 2.75) is 51.2 Å². The molecule has 2 aliphatic rings. The van der Waals surface area contributed by atoms with Crippen LogP contribution in [0, 0.1) is 0 Å². The summed E-state index contributed by atoms with van der Waals surface area (Å²) in [6, 6.07) is 15.0. The van der Waals surface area contributed by atoms with Crippen molar-refractivity contribution in [2.75, 3.05) is 26.4 Å². The van der Waals surface area contributed by atoms with E-state index in [2.05, 4.69) is 63.2 Å². The number of rotatable bonds is 10. The minimum Gasteiger partial charge on any atom is -0.491 e. The zero-order valence-electron chi connectivity index (χ0n) is 17.1. The van der Waals surface area contributed by atoms with Crippen LogP contribution in [0.2, 0.25) is 0 Å². The second-order valence-corrected chi connectivity index (χ2v) is 8.25. The Balaban J connectivity index is 1.52. The van der Waals surface area contributed by atoms with Crippen LogP contribution in [0.4, 0.5) is 0 Å². The summed E-state index contributed by atoms with van der Waals surface area (Å²) in [5.41, 5.74) is 3.89. The Bertz CT molecular complexity index is 789. The number of hydrogen-bond acceptors (Lipinski definition) is 4. The Morgan fingerprint density at radius 1 is 0.893 bits per heavy atom. The quantitative estimate of drug-likeness (QED) is 0.567. The summed E-state index contributed by atoms with van der Waals surface area (Å²) >= 11 is 0. The molecule has 4 rings (SSSR count). The van der Waals surface area contributed by atoms with Gasteiger partial charge in [-0.25, -0.2) is 0 Å². The molecule has 2 fully saturated rings. The zero-order valence-corrected chi connectivity index (χ0v) is 17.1. The topological polar surface area (TPSA) is 43.5 Å². The lowest BCUT2D eigenvalue weighted by atomic mass is 9.75. The minimum atomic E-state index is -0.0965. The van der Waals surface area contributed by atoms with Gasteiger partial charge in [0.15, 0.2) is 0 Å². The molecule has 0 radical (unpaired) electrons. The fraction of sp³-hybridized carbons (Fsp3) is 0.500. The van der Waals surface area contributed by atoms with Gasteiger partial charge in [-0.2, -0.15) is 0 Å². The Labute approximate surface area is 167 Å². The lowest BCUT2D eigenvalue weighted by Gasteiger charge is -2.29. The fourth-order valence-electron chi connectivity index (χ4n) is 3.58. The van der Waals surface area contributed by atoms with Crippen molar-refractivity contribution in [3.63, 3.8) is 0 Å². The highest BCUT2D eigenvalue weighted by molar-refractivity contribution is 5.46. The third-order valence-electron chi connectivity index (χ3n) is 5.52. The summed E-state index contributed by atoms with van der Waals surface area (Å²) in [7, 11) is 0. The van der Waals surface area contributed by atoms with Crippen LogP contribution in [0.1, 0.15) is 43.9 Å². The first-order valence-electron chi connectivity index (χ1n) is 10.3. The number of aryl methyl sites for hydroxylation is 1. The second-order valence-electron chi connectivity index (χ2n) is 8.25.